The fraction of sp³-hybridized carbons (Fsp3) is 0.250. The molecule has 0 saturated heterocycles. The summed E-state index contributed by atoms with van der Waals surface area (Å²) in [4.78, 5) is 30.2. The monoisotopic (exact) mass is 430 g/mol. The van der Waals surface area contributed by atoms with Gasteiger partial charge in [0.05, 0.1) is 11.1 Å². The first-order valence-electron chi connectivity index (χ1n) is 10.5. The molecule has 2 heterocycles. The zero-order valence-electron chi connectivity index (χ0n) is 17.2. The van der Waals surface area contributed by atoms with E-state index in [-0.39, 0.29) is 17.2 Å². The van der Waals surface area contributed by atoms with Crippen molar-refractivity contribution in [3.8, 4) is 11.3 Å². The van der Waals surface area contributed by atoms with Crippen molar-refractivity contribution in [2.24, 2.45) is 0 Å². The van der Waals surface area contributed by atoms with E-state index in [0.717, 1.165) is 24.1 Å². The third kappa shape index (κ3) is 3.65. The van der Waals surface area contributed by atoms with E-state index in [1.54, 1.807) is 24.3 Å². The van der Waals surface area contributed by atoms with Crippen molar-refractivity contribution in [2.75, 3.05) is 5.32 Å². The molecule has 5 rings (SSSR count). The number of anilines is 1. The molecule has 0 atom stereocenters. The zero-order chi connectivity index (χ0) is 21.4. The summed E-state index contributed by atoms with van der Waals surface area (Å²) >= 11 is 1.38. The van der Waals surface area contributed by atoms with Gasteiger partial charge in [-0.3, -0.25) is 14.9 Å². The number of hydrogen-bond donors (Lipinski definition) is 1. The molecular formula is C24H22N4O2S. The van der Waals surface area contributed by atoms with Crippen molar-refractivity contribution in [1.82, 2.24) is 14.8 Å². The van der Waals surface area contributed by atoms with Gasteiger partial charge in [-0.2, -0.15) is 5.10 Å². The second kappa shape index (κ2) is 8.07. The highest BCUT2D eigenvalue weighted by atomic mass is 32.1. The number of thiazole rings is 1. The first-order chi connectivity index (χ1) is 15.1. The minimum atomic E-state index is -0.371. The van der Waals surface area contributed by atoms with E-state index in [4.69, 9.17) is 0 Å². The quantitative estimate of drug-likeness (QED) is 0.510. The Morgan fingerprint density at radius 1 is 1.10 bits per heavy atom. The molecule has 0 spiro atoms. The zero-order valence-corrected chi connectivity index (χ0v) is 18.0. The molecule has 1 amide bonds. The number of aryl methyl sites for hydroxylation is 3. The van der Waals surface area contributed by atoms with Gasteiger partial charge in [0.1, 0.15) is 0 Å². The maximum absolute atomic E-state index is 13.0. The van der Waals surface area contributed by atoms with E-state index in [0.29, 0.717) is 22.4 Å². The Kier molecular flexibility index (Phi) is 5.11. The summed E-state index contributed by atoms with van der Waals surface area (Å²) in [6.45, 7) is 2.22. The number of amides is 1. The summed E-state index contributed by atoms with van der Waals surface area (Å²) in [5.74, 6) is -0.371. The first-order valence-corrected chi connectivity index (χ1v) is 11.4. The number of rotatable bonds is 4. The molecule has 2 aromatic carbocycles. The van der Waals surface area contributed by atoms with Crippen molar-refractivity contribution in [1.29, 1.82) is 0 Å². The largest absolute Gasteiger partial charge is 0.296 e. The number of carbonyl (C=O) groups is 1. The van der Waals surface area contributed by atoms with Crippen LogP contribution in [0.25, 0.3) is 22.0 Å². The van der Waals surface area contributed by atoms with Crippen LogP contribution in [-0.4, -0.2) is 20.7 Å². The molecule has 1 aliphatic rings. The van der Waals surface area contributed by atoms with Crippen molar-refractivity contribution >= 4 is 33.1 Å². The lowest BCUT2D eigenvalue weighted by atomic mass is 9.90. The van der Waals surface area contributed by atoms with Gasteiger partial charge in [-0.15, -0.1) is 11.3 Å². The van der Waals surface area contributed by atoms with Gasteiger partial charge < -0.3 is 0 Å². The molecule has 0 bridgehead atoms. The molecule has 0 fully saturated rings. The average molecular weight is 431 g/mol. The number of benzene rings is 2. The standard InChI is InChI=1S/C24H22N4O2S/c1-2-28-23(30)19-10-6-5-9-18(19)21(27-28)22(29)26-24-25-20(14-31-24)17-12-11-15-7-3-4-8-16(15)13-17/h5-6,9-14H,2-4,7-8H2,1H3,(H,25,26,29). The Balaban J connectivity index is 1.44. The third-order valence-corrected chi connectivity index (χ3v) is 6.51. The number of carbonyl (C=O) groups excluding carboxylic acids is 1. The van der Waals surface area contributed by atoms with Gasteiger partial charge in [-0.1, -0.05) is 30.3 Å². The Hall–Kier alpha value is -3.32. The van der Waals surface area contributed by atoms with Crippen LogP contribution < -0.4 is 10.9 Å². The molecule has 1 aliphatic carbocycles. The normalized spacial score (nSPS) is 13.2. The second-order valence-electron chi connectivity index (χ2n) is 7.70. The summed E-state index contributed by atoms with van der Waals surface area (Å²) in [6.07, 6.45) is 4.75. The van der Waals surface area contributed by atoms with Crippen molar-refractivity contribution in [3.05, 3.63) is 75.0 Å². The molecule has 2 aromatic heterocycles. The lowest BCUT2D eigenvalue weighted by Gasteiger charge is -2.16. The fourth-order valence-corrected chi connectivity index (χ4v) is 4.84. The summed E-state index contributed by atoms with van der Waals surface area (Å²) in [5, 5.41) is 10.7. The Bertz CT molecular complexity index is 1360. The number of hydrogen-bond acceptors (Lipinski definition) is 5. The molecule has 0 unspecified atom stereocenters. The minimum absolute atomic E-state index is 0.196. The van der Waals surface area contributed by atoms with Crippen molar-refractivity contribution < 1.29 is 4.79 Å². The molecule has 31 heavy (non-hydrogen) atoms. The number of nitrogens with one attached hydrogen (secondary N) is 1. The van der Waals surface area contributed by atoms with Crippen molar-refractivity contribution in [3.63, 3.8) is 0 Å². The van der Waals surface area contributed by atoms with Crippen LogP contribution >= 0.6 is 11.3 Å². The van der Waals surface area contributed by atoms with Crippen molar-refractivity contribution in [2.45, 2.75) is 39.2 Å². The van der Waals surface area contributed by atoms with Gasteiger partial charge in [0, 0.05) is 22.9 Å². The van der Waals surface area contributed by atoms with E-state index >= 15 is 0 Å². The summed E-state index contributed by atoms with van der Waals surface area (Å²) in [6, 6.07) is 13.6. The van der Waals surface area contributed by atoms with Crippen LogP contribution in [0.2, 0.25) is 0 Å². The highest BCUT2D eigenvalue weighted by molar-refractivity contribution is 7.14. The van der Waals surface area contributed by atoms with Crippen LogP contribution in [0.4, 0.5) is 5.13 Å². The smallest absolute Gasteiger partial charge is 0.278 e. The molecule has 0 radical (unpaired) electrons. The van der Waals surface area contributed by atoms with Crippen LogP contribution in [0.3, 0.4) is 0 Å². The average Bonchev–Trinajstić information content (AvgIpc) is 3.27. The predicted molar refractivity (Wildman–Crippen MR) is 124 cm³/mol. The molecule has 6 nitrogen and oxygen atoms in total. The van der Waals surface area contributed by atoms with Crippen LogP contribution in [0.1, 0.15) is 41.4 Å². The van der Waals surface area contributed by atoms with Crippen LogP contribution in [0, 0.1) is 0 Å². The van der Waals surface area contributed by atoms with E-state index in [9.17, 15) is 9.59 Å². The molecule has 156 valence electrons. The van der Waals surface area contributed by atoms with Gasteiger partial charge in [0.2, 0.25) is 0 Å². The molecule has 0 saturated carbocycles. The maximum Gasteiger partial charge on any atom is 0.278 e. The Morgan fingerprint density at radius 3 is 2.68 bits per heavy atom. The lowest BCUT2D eigenvalue weighted by molar-refractivity contribution is 0.102. The lowest BCUT2D eigenvalue weighted by Crippen LogP contribution is -2.27. The molecular weight excluding hydrogens is 408 g/mol. The van der Waals surface area contributed by atoms with E-state index in [1.165, 1.54) is 40.0 Å². The van der Waals surface area contributed by atoms with Gasteiger partial charge in [-0.25, -0.2) is 9.67 Å². The summed E-state index contributed by atoms with van der Waals surface area (Å²) in [7, 11) is 0. The number of aromatic nitrogens is 3. The van der Waals surface area contributed by atoms with Gasteiger partial charge in [-0.05, 0) is 55.9 Å². The first kappa shape index (κ1) is 19.6. The summed E-state index contributed by atoms with van der Waals surface area (Å²) in [5.41, 5.74) is 4.79. The van der Waals surface area contributed by atoms with E-state index < -0.39 is 0 Å². The highest BCUT2D eigenvalue weighted by Crippen LogP contribution is 2.30. The van der Waals surface area contributed by atoms with Gasteiger partial charge >= 0.3 is 0 Å². The number of nitrogens with zero attached hydrogens (tertiary/aromatic N) is 3. The number of fused-ring (bicyclic) bond motifs is 2. The highest BCUT2D eigenvalue weighted by Gasteiger charge is 2.18. The van der Waals surface area contributed by atoms with Gasteiger partial charge in [0.15, 0.2) is 10.8 Å². The van der Waals surface area contributed by atoms with E-state index in [2.05, 4.69) is 33.6 Å². The maximum atomic E-state index is 13.0. The minimum Gasteiger partial charge on any atom is -0.296 e. The second-order valence-corrected chi connectivity index (χ2v) is 8.56. The van der Waals surface area contributed by atoms with Crippen LogP contribution in [-0.2, 0) is 19.4 Å². The topological polar surface area (TPSA) is 76.9 Å². The molecule has 7 heteroatoms. The SMILES string of the molecule is CCn1nc(C(=O)Nc2nc(-c3ccc4c(c3)CCCC4)cs2)c2ccccc2c1=O. The van der Waals surface area contributed by atoms with Gasteiger partial charge in [0.25, 0.3) is 11.5 Å². The summed E-state index contributed by atoms with van der Waals surface area (Å²) < 4.78 is 1.32. The Labute approximate surface area is 183 Å². The fourth-order valence-electron chi connectivity index (χ4n) is 4.13. The molecule has 0 aliphatic heterocycles. The predicted octanol–water partition coefficient (Wildman–Crippen LogP) is 4.67. The van der Waals surface area contributed by atoms with Crippen LogP contribution in [0.5, 0.6) is 0 Å². The molecule has 4 aromatic rings. The molecule has 1 N–H and O–H groups in total. The van der Waals surface area contributed by atoms with E-state index in [1.807, 2.05) is 12.3 Å². The Morgan fingerprint density at radius 2 is 1.87 bits per heavy atom. The van der Waals surface area contributed by atoms with Crippen LogP contribution in [0.15, 0.2) is 52.6 Å². The third-order valence-electron chi connectivity index (χ3n) is 5.75.